The molecule has 0 radical (unpaired) electrons. The van der Waals surface area contributed by atoms with Crippen LogP contribution in [0.15, 0.2) is 33.8 Å². The highest BCUT2D eigenvalue weighted by Gasteiger charge is 2.01. The summed E-state index contributed by atoms with van der Waals surface area (Å²) in [4.78, 5) is 7.96. The van der Waals surface area contributed by atoms with Crippen molar-refractivity contribution >= 4 is 18.6 Å². The van der Waals surface area contributed by atoms with Crippen molar-refractivity contribution in [3.63, 3.8) is 0 Å². The molecule has 1 heterocycles. The Morgan fingerprint density at radius 3 is 2.93 bits per heavy atom. The molecule has 0 bridgehead atoms. The lowest BCUT2D eigenvalue weighted by Crippen LogP contribution is -1.96. The number of benzene rings is 1. The summed E-state index contributed by atoms with van der Waals surface area (Å²) < 4.78 is 0. The van der Waals surface area contributed by atoms with Crippen LogP contribution in [0.4, 0.5) is 0 Å². The lowest BCUT2D eigenvalue weighted by Gasteiger charge is -2.04. The van der Waals surface area contributed by atoms with Gasteiger partial charge in [0.25, 0.3) is 0 Å². The van der Waals surface area contributed by atoms with Crippen LogP contribution in [0.2, 0.25) is 0 Å². The highest BCUT2D eigenvalue weighted by molar-refractivity contribution is 5.92. The molecule has 2 rings (SSSR count). The second-order valence-electron chi connectivity index (χ2n) is 3.52. The van der Waals surface area contributed by atoms with E-state index in [0.717, 1.165) is 16.7 Å². The third kappa shape index (κ3) is 2.31. The third-order valence-corrected chi connectivity index (χ3v) is 2.19. The van der Waals surface area contributed by atoms with E-state index >= 15 is 0 Å². The number of aryl methyl sites for hydroxylation is 1. The van der Waals surface area contributed by atoms with Gasteiger partial charge in [-0.3, -0.25) is 4.99 Å². The van der Waals surface area contributed by atoms with Gasteiger partial charge < -0.3 is 5.11 Å². The first kappa shape index (κ1) is 9.65. The van der Waals surface area contributed by atoms with Crippen molar-refractivity contribution in [2.45, 2.75) is 6.92 Å². The first-order valence-corrected chi connectivity index (χ1v) is 4.77. The van der Waals surface area contributed by atoms with Crippen LogP contribution in [-0.2, 0) is 0 Å². The van der Waals surface area contributed by atoms with Gasteiger partial charge in [0, 0.05) is 11.8 Å². The molecular formula is C12H12N2O. The average Bonchev–Trinajstić information content (AvgIpc) is 2.24. The number of phenols is 1. The molecule has 0 atom stereocenters. The minimum Gasteiger partial charge on any atom is -0.507 e. The zero-order valence-corrected chi connectivity index (χ0v) is 8.51. The lowest BCUT2D eigenvalue weighted by molar-refractivity contribution is 0.473. The van der Waals surface area contributed by atoms with E-state index in [-0.39, 0.29) is 0 Å². The fourth-order valence-corrected chi connectivity index (χ4v) is 1.42. The van der Waals surface area contributed by atoms with Gasteiger partial charge in [0.15, 0.2) is 0 Å². The van der Waals surface area contributed by atoms with Crippen LogP contribution < -0.4 is 0 Å². The summed E-state index contributed by atoms with van der Waals surface area (Å²) in [5, 5.41) is 9.69. The molecule has 0 spiro atoms. The fraction of sp³-hybridized carbons (Fsp3) is 0.167. The molecule has 1 aromatic carbocycles. The van der Waals surface area contributed by atoms with Crippen molar-refractivity contribution in [3.05, 3.63) is 34.9 Å². The number of aliphatic imine (C=N–C) groups is 2. The number of hydrogen-bond acceptors (Lipinski definition) is 3. The van der Waals surface area contributed by atoms with Gasteiger partial charge >= 0.3 is 0 Å². The molecule has 0 aliphatic carbocycles. The Kier molecular flexibility index (Phi) is 2.63. The standard InChI is InChI=1S/C12H12N2O/c1-9-2-3-11(12(15)4-9)5-10-6-13-8-14-7-10/h2-6,8,15H,7H2,1H3. The van der Waals surface area contributed by atoms with E-state index in [9.17, 15) is 5.11 Å². The molecule has 0 saturated carbocycles. The van der Waals surface area contributed by atoms with Gasteiger partial charge in [0.05, 0.1) is 6.54 Å². The molecule has 1 N–H and O–H groups in total. The largest absolute Gasteiger partial charge is 0.507 e. The highest BCUT2D eigenvalue weighted by atomic mass is 16.3. The van der Waals surface area contributed by atoms with Gasteiger partial charge in [-0.05, 0) is 30.2 Å². The number of nitrogens with zero attached hydrogens (tertiary/aromatic N) is 2. The van der Waals surface area contributed by atoms with Gasteiger partial charge in [-0.2, -0.15) is 0 Å². The topological polar surface area (TPSA) is 45.0 Å². The van der Waals surface area contributed by atoms with Crippen LogP contribution in [0, 0.1) is 6.92 Å². The summed E-state index contributed by atoms with van der Waals surface area (Å²) >= 11 is 0. The van der Waals surface area contributed by atoms with Crippen molar-refractivity contribution in [2.24, 2.45) is 9.98 Å². The maximum absolute atomic E-state index is 9.69. The van der Waals surface area contributed by atoms with Gasteiger partial charge in [-0.25, -0.2) is 4.99 Å². The van der Waals surface area contributed by atoms with Gasteiger partial charge in [-0.1, -0.05) is 12.1 Å². The summed E-state index contributed by atoms with van der Waals surface area (Å²) in [5.41, 5.74) is 2.85. The smallest absolute Gasteiger partial charge is 0.123 e. The quantitative estimate of drug-likeness (QED) is 0.742. The van der Waals surface area contributed by atoms with Gasteiger partial charge in [0.2, 0.25) is 0 Å². The number of phenolic OH excluding ortho intramolecular Hbond substituents is 1. The fourth-order valence-electron chi connectivity index (χ4n) is 1.42. The molecule has 3 heteroatoms. The van der Waals surface area contributed by atoms with Crippen LogP contribution in [0.3, 0.4) is 0 Å². The molecule has 0 fully saturated rings. The first-order valence-electron chi connectivity index (χ1n) is 4.77. The summed E-state index contributed by atoms with van der Waals surface area (Å²) in [5.74, 6) is 0.297. The molecule has 0 unspecified atom stereocenters. The summed E-state index contributed by atoms with van der Waals surface area (Å²) in [7, 11) is 0. The Balaban J connectivity index is 2.31. The predicted octanol–water partition coefficient (Wildman–Crippen LogP) is 2.20. The molecule has 0 aromatic heterocycles. The van der Waals surface area contributed by atoms with Crippen molar-refractivity contribution in [3.8, 4) is 5.75 Å². The highest BCUT2D eigenvalue weighted by Crippen LogP contribution is 2.21. The van der Waals surface area contributed by atoms with E-state index in [4.69, 9.17) is 0 Å². The van der Waals surface area contributed by atoms with Crippen molar-refractivity contribution < 1.29 is 5.11 Å². The Bertz CT molecular complexity index is 459. The van der Waals surface area contributed by atoms with Crippen molar-refractivity contribution in [1.82, 2.24) is 0 Å². The Morgan fingerprint density at radius 2 is 2.27 bits per heavy atom. The molecule has 1 aliphatic rings. The maximum Gasteiger partial charge on any atom is 0.123 e. The monoisotopic (exact) mass is 200 g/mol. The zero-order chi connectivity index (χ0) is 10.7. The lowest BCUT2D eigenvalue weighted by atomic mass is 10.1. The third-order valence-electron chi connectivity index (χ3n) is 2.19. The first-order chi connectivity index (χ1) is 7.25. The molecule has 76 valence electrons. The number of aromatic hydroxyl groups is 1. The molecular weight excluding hydrogens is 188 g/mol. The summed E-state index contributed by atoms with van der Waals surface area (Å²) in [6.45, 7) is 2.57. The number of hydrogen-bond donors (Lipinski definition) is 1. The second-order valence-corrected chi connectivity index (χ2v) is 3.52. The minimum atomic E-state index is 0.297. The second kappa shape index (κ2) is 4.09. The zero-order valence-electron chi connectivity index (χ0n) is 8.51. The summed E-state index contributed by atoms with van der Waals surface area (Å²) in [6, 6.07) is 5.61. The molecule has 0 amide bonds. The van der Waals surface area contributed by atoms with E-state index in [1.807, 2.05) is 25.1 Å². The van der Waals surface area contributed by atoms with Crippen LogP contribution in [0.1, 0.15) is 11.1 Å². The Morgan fingerprint density at radius 1 is 1.40 bits per heavy atom. The maximum atomic E-state index is 9.69. The molecule has 15 heavy (non-hydrogen) atoms. The molecule has 3 nitrogen and oxygen atoms in total. The van der Waals surface area contributed by atoms with Crippen LogP contribution >= 0.6 is 0 Å². The average molecular weight is 200 g/mol. The van der Waals surface area contributed by atoms with Crippen LogP contribution in [0.5, 0.6) is 5.75 Å². The van der Waals surface area contributed by atoms with Gasteiger partial charge in [-0.15, -0.1) is 0 Å². The Labute approximate surface area is 88.5 Å². The SMILES string of the molecule is Cc1ccc(C=C2C=NC=NC2)c(O)c1. The van der Waals surface area contributed by atoms with Crippen LogP contribution in [0.25, 0.3) is 6.08 Å². The number of rotatable bonds is 1. The van der Waals surface area contributed by atoms with E-state index < -0.39 is 0 Å². The summed E-state index contributed by atoms with van der Waals surface area (Å²) in [6.07, 6.45) is 5.19. The van der Waals surface area contributed by atoms with E-state index in [1.165, 1.54) is 6.34 Å². The van der Waals surface area contributed by atoms with E-state index in [2.05, 4.69) is 9.98 Å². The van der Waals surface area contributed by atoms with Crippen LogP contribution in [-0.4, -0.2) is 24.2 Å². The molecule has 0 saturated heterocycles. The van der Waals surface area contributed by atoms with E-state index in [1.54, 1.807) is 12.3 Å². The van der Waals surface area contributed by atoms with Crippen molar-refractivity contribution in [1.29, 1.82) is 0 Å². The predicted molar refractivity (Wildman–Crippen MR) is 62.7 cm³/mol. The molecule has 1 aliphatic heterocycles. The molecule has 1 aromatic rings. The van der Waals surface area contributed by atoms with Gasteiger partial charge in [0.1, 0.15) is 12.1 Å². The Hall–Kier alpha value is -1.90. The van der Waals surface area contributed by atoms with E-state index in [0.29, 0.717) is 12.3 Å². The minimum absolute atomic E-state index is 0.297. The normalized spacial score (nSPS) is 17.3. The van der Waals surface area contributed by atoms with Crippen molar-refractivity contribution in [2.75, 3.05) is 6.54 Å².